The molecule has 0 unspecified atom stereocenters. The lowest BCUT2D eigenvalue weighted by atomic mass is 9.85. The lowest BCUT2D eigenvalue weighted by Crippen LogP contribution is -2.22. The van der Waals surface area contributed by atoms with E-state index in [0.717, 1.165) is 6.42 Å². The standard InChI is InChI=1S/C15H19NO/c1-11(2)9-12-5-7-13(8-6-12)14(17)15(3,4)10-16/h5-8,11H,9H2,1-4H3. The Balaban J connectivity index is 2.89. The zero-order valence-electron chi connectivity index (χ0n) is 10.9. The summed E-state index contributed by atoms with van der Waals surface area (Å²) in [7, 11) is 0. The lowest BCUT2D eigenvalue weighted by Gasteiger charge is -2.14. The fourth-order valence-corrected chi connectivity index (χ4v) is 1.68. The van der Waals surface area contributed by atoms with Crippen LogP contribution in [0.5, 0.6) is 0 Å². The van der Waals surface area contributed by atoms with E-state index in [1.807, 2.05) is 30.3 Å². The number of Topliss-reactive ketones (excluding diaryl/α,β-unsaturated/α-hetero) is 1. The van der Waals surface area contributed by atoms with E-state index in [1.165, 1.54) is 5.56 Å². The van der Waals surface area contributed by atoms with Gasteiger partial charge in [0.1, 0.15) is 5.41 Å². The lowest BCUT2D eigenvalue weighted by molar-refractivity contribution is 0.0892. The highest BCUT2D eigenvalue weighted by Crippen LogP contribution is 2.21. The molecule has 2 nitrogen and oxygen atoms in total. The molecule has 0 aliphatic rings. The second-order valence-corrected chi connectivity index (χ2v) is 5.36. The quantitative estimate of drug-likeness (QED) is 0.740. The van der Waals surface area contributed by atoms with Gasteiger partial charge in [-0.2, -0.15) is 5.26 Å². The first-order valence-corrected chi connectivity index (χ1v) is 5.92. The fraction of sp³-hybridized carbons (Fsp3) is 0.467. The van der Waals surface area contributed by atoms with Crippen molar-refractivity contribution in [2.75, 3.05) is 0 Å². The highest BCUT2D eigenvalue weighted by molar-refractivity contribution is 6.01. The van der Waals surface area contributed by atoms with E-state index < -0.39 is 5.41 Å². The average molecular weight is 229 g/mol. The molecule has 0 saturated heterocycles. The topological polar surface area (TPSA) is 40.9 Å². The van der Waals surface area contributed by atoms with Crippen LogP contribution < -0.4 is 0 Å². The Morgan fingerprint density at radius 2 is 1.82 bits per heavy atom. The van der Waals surface area contributed by atoms with Crippen molar-refractivity contribution in [2.24, 2.45) is 11.3 Å². The third-order valence-electron chi connectivity index (χ3n) is 2.71. The molecule has 0 aliphatic heterocycles. The van der Waals surface area contributed by atoms with Gasteiger partial charge in [-0.25, -0.2) is 0 Å². The van der Waals surface area contributed by atoms with Crippen LogP contribution in [0.25, 0.3) is 0 Å². The smallest absolute Gasteiger partial charge is 0.182 e. The maximum absolute atomic E-state index is 12.0. The maximum atomic E-state index is 12.0. The van der Waals surface area contributed by atoms with Crippen LogP contribution in [0.3, 0.4) is 0 Å². The summed E-state index contributed by atoms with van der Waals surface area (Å²) in [4.78, 5) is 12.0. The van der Waals surface area contributed by atoms with Gasteiger partial charge in [-0.15, -0.1) is 0 Å². The number of carbonyl (C=O) groups excluding carboxylic acids is 1. The summed E-state index contributed by atoms with van der Waals surface area (Å²) in [5, 5.41) is 8.93. The molecule has 1 rings (SSSR count). The van der Waals surface area contributed by atoms with Crippen LogP contribution in [0.1, 0.15) is 43.6 Å². The Labute approximate surface area is 103 Å². The molecule has 0 aromatic heterocycles. The molecule has 0 amide bonds. The van der Waals surface area contributed by atoms with Gasteiger partial charge in [0.2, 0.25) is 0 Å². The minimum Gasteiger partial charge on any atom is -0.292 e. The van der Waals surface area contributed by atoms with Gasteiger partial charge in [-0.3, -0.25) is 4.79 Å². The largest absolute Gasteiger partial charge is 0.292 e. The maximum Gasteiger partial charge on any atom is 0.182 e. The molecule has 0 saturated carbocycles. The monoisotopic (exact) mass is 229 g/mol. The Morgan fingerprint density at radius 1 is 1.29 bits per heavy atom. The predicted octanol–water partition coefficient (Wildman–Crippen LogP) is 3.62. The van der Waals surface area contributed by atoms with E-state index >= 15 is 0 Å². The van der Waals surface area contributed by atoms with Crippen molar-refractivity contribution < 1.29 is 4.79 Å². The van der Waals surface area contributed by atoms with E-state index in [2.05, 4.69) is 13.8 Å². The van der Waals surface area contributed by atoms with Crippen molar-refractivity contribution in [3.63, 3.8) is 0 Å². The molecular formula is C15H19NO. The van der Waals surface area contributed by atoms with E-state index in [0.29, 0.717) is 11.5 Å². The van der Waals surface area contributed by atoms with Crippen LogP contribution >= 0.6 is 0 Å². The average Bonchev–Trinajstić information content (AvgIpc) is 2.28. The highest BCUT2D eigenvalue weighted by Gasteiger charge is 2.28. The first-order valence-electron chi connectivity index (χ1n) is 5.92. The summed E-state index contributed by atoms with van der Waals surface area (Å²) in [6, 6.07) is 9.62. The Morgan fingerprint density at radius 3 is 2.24 bits per heavy atom. The molecule has 0 bridgehead atoms. The number of nitrogens with zero attached hydrogens (tertiary/aromatic N) is 1. The van der Waals surface area contributed by atoms with E-state index in [-0.39, 0.29) is 5.78 Å². The highest BCUT2D eigenvalue weighted by atomic mass is 16.1. The number of hydrogen-bond donors (Lipinski definition) is 0. The van der Waals surface area contributed by atoms with Crippen LogP contribution in [0.15, 0.2) is 24.3 Å². The summed E-state index contributed by atoms with van der Waals surface area (Å²) in [5.41, 5.74) is 0.898. The molecule has 0 atom stereocenters. The summed E-state index contributed by atoms with van der Waals surface area (Å²) < 4.78 is 0. The van der Waals surface area contributed by atoms with Gasteiger partial charge in [0, 0.05) is 5.56 Å². The van der Waals surface area contributed by atoms with Crippen molar-refractivity contribution in [1.82, 2.24) is 0 Å². The predicted molar refractivity (Wildman–Crippen MR) is 68.7 cm³/mol. The fourth-order valence-electron chi connectivity index (χ4n) is 1.68. The summed E-state index contributed by atoms with van der Waals surface area (Å²) in [6.07, 6.45) is 1.01. The first-order chi connectivity index (χ1) is 7.86. The third-order valence-corrected chi connectivity index (χ3v) is 2.71. The Kier molecular flexibility index (Phi) is 4.07. The summed E-state index contributed by atoms with van der Waals surface area (Å²) >= 11 is 0. The normalized spacial score (nSPS) is 11.3. The molecular weight excluding hydrogens is 210 g/mol. The zero-order valence-corrected chi connectivity index (χ0v) is 10.9. The second kappa shape index (κ2) is 5.14. The molecule has 0 fully saturated rings. The third kappa shape index (κ3) is 3.42. The zero-order chi connectivity index (χ0) is 13.1. The van der Waals surface area contributed by atoms with Gasteiger partial charge in [0.25, 0.3) is 0 Å². The molecule has 17 heavy (non-hydrogen) atoms. The molecule has 0 aliphatic carbocycles. The van der Waals surface area contributed by atoms with Crippen LogP contribution in [0.4, 0.5) is 0 Å². The van der Waals surface area contributed by atoms with Crippen LogP contribution in [-0.4, -0.2) is 5.78 Å². The number of ketones is 1. The van der Waals surface area contributed by atoms with Gasteiger partial charge in [-0.05, 0) is 31.7 Å². The second-order valence-electron chi connectivity index (χ2n) is 5.36. The first kappa shape index (κ1) is 13.4. The van der Waals surface area contributed by atoms with Crippen LogP contribution in [0.2, 0.25) is 0 Å². The van der Waals surface area contributed by atoms with Crippen molar-refractivity contribution in [1.29, 1.82) is 5.26 Å². The van der Waals surface area contributed by atoms with Gasteiger partial charge in [0.15, 0.2) is 5.78 Å². The molecule has 0 radical (unpaired) electrons. The van der Waals surface area contributed by atoms with E-state index in [1.54, 1.807) is 13.8 Å². The molecule has 1 aromatic carbocycles. The van der Waals surface area contributed by atoms with E-state index in [4.69, 9.17) is 5.26 Å². The number of nitriles is 1. The van der Waals surface area contributed by atoms with Gasteiger partial charge in [-0.1, -0.05) is 38.1 Å². The number of carbonyl (C=O) groups is 1. The summed E-state index contributed by atoms with van der Waals surface area (Å²) in [6.45, 7) is 7.63. The van der Waals surface area contributed by atoms with Crippen molar-refractivity contribution >= 4 is 5.78 Å². The van der Waals surface area contributed by atoms with Crippen molar-refractivity contribution in [3.05, 3.63) is 35.4 Å². The van der Waals surface area contributed by atoms with Crippen LogP contribution in [0, 0.1) is 22.7 Å². The molecule has 1 aromatic rings. The van der Waals surface area contributed by atoms with Gasteiger partial charge in [0.05, 0.1) is 6.07 Å². The molecule has 0 N–H and O–H groups in total. The molecule has 0 heterocycles. The Bertz CT molecular complexity index is 435. The number of rotatable bonds is 4. The van der Waals surface area contributed by atoms with Gasteiger partial charge >= 0.3 is 0 Å². The van der Waals surface area contributed by atoms with Crippen LogP contribution in [-0.2, 0) is 6.42 Å². The minimum atomic E-state index is -0.945. The van der Waals surface area contributed by atoms with Crippen molar-refractivity contribution in [2.45, 2.75) is 34.1 Å². The SMILES string of the molecule is CC(C)Cc1ccc(C(=O)C(C)(C)C#N)cc1. The molecule has 90 valence electrons. The van der Waals surface area contributed by atoms with Gasteiger partial charge < -0.3 is 0 Å². The van der Waals surface area contributed by atoms with E-state index in [9.17, 15) is 4.79 Å². The number of hydrogen-bond acceptors (Lipinski definition) is 2. The number of benzene rings is 1. The molecule has 2 heteroatoms. The van der Waals surface area contributed by atoms with Crippen molar-refractivity contribution in [3.8, 4) is 6.07 Å². The summed E-state index contributed by atoms with van der Waals surface area (Å²) in [5.74, 6) is 0.489. The minimum absolute atomic E-state index is 0.115. The Hall–Kier alpha value is -1.62. The molecule has 0 spiro atoms.